The number of methoxy groups -OCH3 is 1. The number of hydrogen-bond acceptors (Lipinski definition) is 5. The van der Waals surface area contributed by atoms with Gasteiger partial charge in [0.25, 0.3) is 0 Å². The molecule has 0 radical (unpaired) electrons. The van der Waals surface area contributed by atoms with E-state index < -0.39 is 0 Å². The van der Waals surface area contributed by atoms with Crippen LogP contribution >= 0.6 is 0 Å². The minimum Gasteiger partial charge on any atom is -0.465 e. The summed E-state index contributed by atoms with van der Waals surface area (Å²) >= 11 is 0. The summed E-state index contributed by atoms with van der Waals surface area (Å²) in [6, 6.07) is 3.69. The molecule has 0 amide bonds. The van der Waals surface area contributed by atoms with E-state index in [2.05, 4.69) is 21.8 Å². The molecule has 1 fully saturated rings. The number of anilines is 1. The van der Waals surface area contributed by atoms with Gasteiger partial charge in [-0.3, -0.25) is 0 Å². The van der Waals surface area contributed by atoms with Gasteiger partial charge in [0, 0.05) is 26.2 Å². The van der Waals surface area contributed by atoms with Gasteiger partial charge >= 0.3 is 5.97 Å². The van der Waals surface area contributed by atoms with E-state index in [0.29, 0.717) is 5.56 Å². The molecule has 0 aromatic carbocycles. The summed E-state index contributed by atoms with van der Waals surface area (Å²) in [5, 5.41) is 0. The number of rotatable bonds is 2. The number of pyridine rings is 1. The monoisotopic (exact) mass is 249 g/mol. The lowest BCUT2D eigenvalue weighted by Gasteiger charge is -2.33. The lowest BCUT2D eigenvalue weighted by atomic mass is 10.2. The van der Waals surface area contributed by atoms with Crippen molar-refractivity contribution in [1.29, 1.82) is 0 Å². The van der Waals surface area contributed by atoms with E-state index in [0.717, 1.165) is 37.7 Å². The highest BCUT2D eigenvalue weighted by molar-refractivity contribution is 5.90. The summed E-state index contributed by atoms with van der Waals surface area (Å²) in [6.45, 7) is 5.87. The zero-order chi connectivity index (χ0) is 13.1. The van der Waals surface area contributed by atoms with Crippen molar-refractivity contribution in [3.8, 4) is 0 Å². The molecule has 0 unspecified atom stereocenters. The standard InChI is InChI=1S/C13H19N3O2/c1-10-11(13(17)18-3)4-5-12(14-10)16-8-6-15(2)7-9-16/h4-5H,6-9H2,1-3H3. The van der Waals surface area contributed by atoms with Gasteiger partial charge in [0.2, 0.25) is 0 Å². The highest BCUT2D eigenvalue weighted by Crippen LogP contribution is 2.17. The number of esters is 1. The molecule has 18 heavy (non-hydrogen) atoms. The van der Waals surface area contributed by atoms with Gasteiger partial charge in [0.1, 0.15) is 5.82 Å². The number of likely N-dealkylation sites (N-methyl/N-ethyl adjacent to an activating group) is 1. The van der Waals surface area contributed by atoms with Gasteiger partial charge < -0.3 is 14.5 Å². The van der Waals surface area contributed by atoms with Crippen molar-refractivity contribution in [2.24, 2.45) is 0 Å². The molecule has 1 aromatic heterocycles. The molecular formula is C13H19N3O2. The summed E-state index contributed by atoms with van der Waals surface area (Å²) in [7, 11) is 3.51. The van der Waals surface area contributed by atoms with Crippen molar-refractivity contribution in [1.82, 2.24) is 9.88 Å². The fourth-order valence-corrected chi connectivity index (χ4v) is 2.09. The topological polar surface area (TPSA) is 45.7 Å². The molecule has 2 rings (SSSR count). The van der Waals surface area contributed by atoms with E-state index in [9.17, 15) is 4.79 Å². The molecule has 0 saturated carbocycles. The van der Waals surface area contributed by atoms with Crippen molar-refractivity contribution >= 4 is 11.8 Å². The van der Waals surface area contributed by atoms with Crippen LogP contribution < -0.4 is 4.90 Å². The van der Waals surface area contributed by atoms with Crippen molar-refractivity contribution in [3.05, 3.63) is 23.4 Å². The van der Waals surface area contributed by atoms with Crippen LogP contribution in [-0.4, -0.2) is 56.2 Å². The molecule has 1 aliphatic heterocycles. The van der Waals surface area contributed by atoms with Crippen LogP contribution in [0, 0.1) is 6.92 Å². The summed E-state index contributed by atoms with van der Waals surface area (Å²) in [4.78, 5) is 20.5. The largest absolute Gasteiger partial charge is 0.465 e. The second-order valence-corrected chi connectivity index (χ2v) is 4.58. The predicted molar refractivity (Wildman–Crippen MR) is 70.0 cm³/mol. The Morgan fingerprint density at radius 1 is 1.28 bits per heavy atom. The molecule has 0 aliphatic carbocycles. The highest BCUT2D eigenvalue weighted by atomic mass is 16.5. The van der Waals surface area contributed by atoms with Gasteiger partial charge in [-0.25, -0.2) is 9.78 Å². The van der Waals surface area contributed by atoms with Crippen molar-refractivity contribution in [2.75, 3.05) is 45.2 Å². The van der Waals surface area contributed by atoms with Gasteiger partial charge in [-0.1, -0.05) is 0 Å². The molecule has 2 heterocycles. The Kier molecular flexibility index (Phi) is 3.81. The molecule has 5 nitrogen and oxygen atoms in total. The predicted octanol–water partition coefficient (Wildman–Crippen LogP) is 0.928. The quantitative estimate of drug-likeness (QED) is 0.730. The molecule has 98 valence electrons. The van der Waals surface area contributed by atoms with E-state index in [4.69, 9.17) is 4.74 Å². The number of piperazine rings is 1. The molecule has 1 saturated heterocycles. The van der Waals surface area contributed by atoms with E-state index in [-0.39, 0.29) is 5.97 Å². The SMILES string of the molecule is COC(=O)c1ccc(N2CCN(C)CC2)nc1C. The van der Waals surface area contributed by atoms with E-state index >= 15 is 0 Å². The Morgan fingerprint density at radius 3 is 2.50 bits per heavy atom. The Morgan fingerprint density at radius 2 is 1.94 bits per heavy atom. The number of aromatic nitrogens is 1. The van der Waals surface area contributed by atoms with Crippen molar-refractivity contribution in [2.45, 2.75) is 6.92 Å². The lowest BCUT2D eigenvalue weighted by Crippen LogP contribution is -2.44. The summed E-state index contributed by atoms with van der Waals surface area (Å²) in [6.07, 6.45) is 0. The van der Waals surface area contributed by atoms with Gasteiger partial charge in [-0.05, 0) is 26.1 Å². The average Bonchev–Trinajstić information content (AvgIpc) is 2.38. The van der Waals surface area contributed by atoms with Gasteiger partial charge in [-0.2, -0.15) is 0 Å². The summed E-state index contributed by atoms with van der Waals surface area (Å²) in [5.74, 6) is 0.609. The second kappa shape index (κ2) is 5.35. The fraction of sp³-hybridized carbons (Fsp3) is 0.538. The van der Waals surface area contributed by atoms with Gasteiger partial charge in [0.05, 0.1) is 18.4 Å². The summed E-state index contributed by atoms with van der Waals surface area (Å²) in [5.41, 5.74) is 1.26. The smallest absolute Gasteiger partial charge is 0.339 e. The van der Waals surface area contributed by atoms with E-state index in [1.807, 2.05) is 13.0 Å². The molecular weight excluding hydrogens is 230 g/mol. The third-order valence-electron chi connectivity index (χ3n) is 3.30. The molecule has 1 aromatic rings. The van der Waals surface area contributed by atoms with Crippen LogP contribution in [0.3, 0.4) is 0 Å². The minimum atomic E-state index is -0.329. The third-order valence-corrected chi connectivity index (χ3v) is 3.30. The first-order chi connectivity index (χ1) is 8.61. The van der Waals surface area contributed by atoms with E-state index in [1.54, 1.807) is 6.07 Å². The van der Waals surface area contributed by atoms with Crippen molar-refractivity contribution in [3.63, 3.8) is 0 Å². The molecule has 1 aliphatic rings. The van der Waals surface area contributed by atoms with Crippen LogP contribution in [0.4, 0.5) is 5.82 Å². The van der Waals surface area contributed by atoms with Crippen molar-refractivity contribution < 1.29 is 9.53 Å². The lowest BCUT2D eigenvalue weighted by molar-refractivity contribution is 0.0599. The maximum atomic E-state index is 11.5. The van der Waals surface area contributed by atoms with Crippen LogP contribution in [0.5, 0.6) is 0 Å². The third kappa shape index (κ3) is 2.61. The van der Waals surface area contributed by atoms with Crippen LogP contribution in [0.1, 0.15) is 16.1 Å². The van der Waals surface area contributed by atoms with Crippen LogP contribution in [-0.2, 0) is 4.74 Å². The number of carbonyl (C=O) groups excluding carboxylic acids is 1. The fourth-order valence-electron chi connectivity index (χ4n) is 2.09. The number of carbonyl (C=O) groups is 1. The molecule has 0 spiro atoms. The zero-order valence-electron chi connectivity index (χ0n) is 11.1. The molecule has 0 atom stereocenters. The minimum absolute atomic E-state index is 0.329. The van der Waals surface area contributed by atoms with Crippen LogP contribution in [0.25, 0.3) is 0 Å². The Balaban J connectivity index is 2.16. The number of hydrogen-bond donors (Lipinski definition) is 0. The maximum absolute atomic E-state index is 11.5. The normalized spacial score (nSPS) is 16.7. The number of aryl methyl sites for hydroxylation is 1. The van der Waals surface area contributed by atoms with Gasteiger partial charge in [-0.15, -0.1) is 0 Å². The Bertz CT molecular complexity index is 440. The average molecular weight is 249 g/mol. The number of ether oxygens (including phenoxy) is 1. The second-order valence-electron chi connectivity index (χ2n) is 4.58. The maximum Gasteiger partial charge on any atom is 0.339 e. The molecule has 0 bridgehead atoms. The first kappa shape index (κ1) is 12.8. The van der Waals surface area contributed by atoms with Gasteiger partial charge in [0.15, 0.2) is 0 Å². The first-order valence-electron chi connectivity index (χ1n) is 6.11. The van der Waals surface area contributed by atoms with E-state index in [1.165, 1.54) is 7.11 Å². The van der Waals surface area contributed by atoms with Crippen LogP contribution in [0.2, 0.25) is 0 Å². The highest BCUT2D eigenvalue weighted by Gasteiger charge is 2.17. The zero-order valence-corrected chi connectivity index (χ0v) is 11.1. The first-order valence-corrected chi connectivity index (χ1v) is 6.11. The summed E-state index contributed by atoms with van der Waals surface area (Å²) < 4.78 is 4.72. The van der Waals surface area contributed by atoms with Crippen LogP contribution in [0.15, 0.2) is 12.1 Å². The molecule has 5 heteroatoms. The number of nitrogens with zero attached hydrogens (tertiary/aromatic N) is 3. The Labute approximate surface area is 107 Å². The molecule has 0 N–H and O–H groups in total. The Hall–Kier alpha value is -1.62.